The Hall–Kier alpha value is -1.13. The summed E-state index contributed by atoms with van der Waals surface area (Å²) in [5.41, 5.74) is 0. The van der Waals surface area contributed by atoms with Crippen LogP contribution in [-0.4, -0.2) is 13.7 Å². The molecule has 74 valence electrons. The van der Waals surface area contributed by atoms with E-state index in [1.165, 1.54) is 13.2 Å². The Morgan fingerprint density at radius 3 is 2.38 bits per heavy atom. The molecule has 3 nitrogen and oxygen atoms in total. The molecule has 0 radical (unpaired) electrons. The maximum atomic E-state index is 12.7. The topological polar surface area (TPSA) is 46.1 Å². The molecule has 0 saturated heterocycles. The van der Waals surface area contributed by atoms with E-state index in [9.17, 15) is 4.39 Å². The molecule has 3 N–H and O–H groups in total. The summed E-state index contributed by atoms with van der Waals surface area (Å²) in [5.74, 6) is 3.01. The van der Waals surface area contributed by atoms with Crippen molar-refractivity contribution in [3.63, 3.8) is 0 Å². The highest BCUT2D eigenvalue weighted by Crippen LogP contribution is 2.14. The van der Waals surface area contributed by atoms with E-state index in [4.69, 9.17) is 4.74 Å². The van der Waals surface area contributed by atoms with E-state index in [0.29, 0.717) is 12.4 Å². The van der Waals surface area contributed by atoms with Crippen molar-refractivity contribution in [3.05, 3.63) is 30.1 Å². The van der Waals surface area contributed by atoms with Crippen LogP contribution in [-0.2, 0) is 4.84 Å². The molecule has 0 saturated carbocycles. The zero-order valence-electron chi connectivity index (χ0n) is 7.92. The number of benzene rings is 1. The fourth-order valence-electron chi connectivity index (χ4n) is 0.717. The van der Waals surface area contributed by atoms with Gasteiger partial charge < -0.3 is 4.74 Å². The number of hydrogen-bond donors (Lipinski definition) is 1. The predicted octanol–water partition coefficient (Wildman–Crippen LogP) is 1.01. The molecule has 13 heavy (non-hydrogen) atoms. The number of hydrogen-bond acceptors (Lipinski definition) is 2. The summed E-state index contributed by atoms with van der Waals surface area (Å²) in [4.78, 5) is 4.00. The number of quaternary nitrogens is 1. The fraction of sp³-hybridized carbons (Fsp3) is 0.333. The predicted molar refractivity (Wildman–Crippen MR) is 47.5 cm³/mol. The molecule has 0 spiro atoms. The molecule has 0 atom stereocenters. The summed E-state index contributed by atoms with van der Waals surface area (Å²) >= 11 is 0. The van der Waals surface area contributed by atoms with Crippen LogP contribution in [0.25, 0.3) is 0 Å². The first-order valence-corrected chi connectivity index (χ1v) is 3.91. The first kappa shape index (κ1) is 11.9. The third-order valence-electron chi connectivity index (χ3n) is 1.14. The Morgan fingerprint density at radius 2 is 1.92 bits per heavy atom. The summed E-state index contributed by atoms with van der Waals surface area (Å²) in [6, 6.07) is 6.37. The number of ether oxygens (including phenoxy) is 1. The Kier molecular flexibility index (Phi) is 6.86. The summed E-state index contributed by atoms with van der Waals surface area (Å²) in [6.45, 7) is 2.33. The molecule has 4 heteroatoms. The highest BCUT2D eigenvalue weighted by atomic mass is 19.1. The molecule has 1 aromatic rings. The molecule has 0 heterocycles. The second kappa shape index (κ2) is 7.52. The van der Waals surface area contributed by atoms with Gasteiger partial charge in [0.15, 0.2) is 11.6 Å². The molecule has 0 aromatic heterocycles. The van der Waals surface area contributed by atoms with E-state index in [1.807, 2.05) is 6.92 Å². The molecule has 0 bridgehead atoms. The van der Waals surface area contributed by atoms with Gasteiger partial charge in [-0.25, -0.2) is 15.1 Å². The molecular formula is C9H15FNO2+. The smallest absolute Gasteiger partial charge is 0.165 e. The number of rotatable bonds is 2. The number of halogens is 1. The Morgan fingerprint density at radius 1 is 1.38 bits per heavy atom. The average molecular weight is 188 g/mol. The summed E-state index contributed by atoms with van der Waals surface area (Å²) in [6.07, 6.45) is 0. The zero-order valence-corrected chi connectivity index (χ0v) is 7.92. The Balaban J connectivity index is 0.000000424. The van der Waals surface area contributed by atoms with Crippen LogP contribution in [0.3, 0.4) is 0 Å². The Bertz CT molecular complexity index is 231. The van der Waals surface area contributed by atoms with Crippen molar-refractivity contribution in [3.8, 4) is 5.75 Å². The van der Waals surface area contributed by atoms with E-state index >= 15 is 0 Å². The van der Waals surface area contributed by atoms with Crippen molar-refractivity contribution in [1.82, 2.24) is 0 Å². The van der Waals surface area contributed by atoms with Crippen LogP contribution in [0.5, 0.6) is 5.75 Å². The minimum Gasteiger partial charge on any atom is -0.491 e. The van der Waals surface area contributed by atoms with Crippen LogP contribution in [0.2, 0.25) is 0 Å². The van der Waals surface area contributed by atoms with Crippen LogP contribution < -0.4 is 10.6 Å². The van der Waals surface area contributed by atoms with E-state index in [1.54, 1.807) is 18.2 Å². The van der Waals surface area contributed by atoms with Gasteiger partial charge in [-0.05, 0) is 19.1 Å². The lowest BCUT2D eigenvalue weighted by atomic mass is 10.3. The van der Waals surface area contributed by atoms with Gasteiger partial charge in [-0.2, -0.15) is 0 Å². The van der Waals surface area contributed by atoms with Gasteiger partial charge in [-0.15, -0.1) is 0 Å². The second-order valence-corrected chi connectivity index (χ2v) is 2.15. The molecule has 0 aliphatic heterocycles. The van der Waals surface area contributed by atoms with E-state index in [2.05, 4.69) is 10.7 Å². The maximum absolute atomic E-state index is 12.7. The first-order chi connectivity index (χ1) is 6.26. The van der Waals surface area contributed by atoms with Crippen LogP contribution in [0.4, 0.5) is 4.39 Å². The molecule has 0 fully saturated rings. The van der Waals surface area contributed by atoms with Crippen LogP contribution in [0, 0.1) is 5.82 Å². The van der Waals surface area contributed by atoms with Crippen LogP contribution in [0.15, 0.2) is 24.3 Å². The second-order valence-electron chi connectivity index (χ2n) is 2.15. The quantitative estimate of drug-likeness (QED) is 0.704. The van der Waals surface area contributed by atoms with E-state index < -0.39 is 0 Å². The fourth-order valence-corrected chi connectivity index (χ4v) is 0.717. The molecule has 0 aliphatic rings. The monoisotopic (exact) mass is 188 g/mol. The third kappa shape index (κ3) is 5.16. The summed E-state index contributed by atoms with van der Waals surface area (Å²) in [5, 5.41) is 0. The van der Waals surface area contributed by atoms with Gasteiger partial charge in [0.25, 0.3) is 0 Å². The van der Waals surface area contributed by atoms with Crippen molar-refractivity contribution < 1.29 is 19.9 Å². The lowest BCUT2D eigenvalue weighted by molar-refractivity contribution is -0.679. The lowest BCUT2D eigenvalue weighted by Gasteiger charge is -2.01. The first-order valence-electron chi connectivity index (χ1n) is 3.91. The standard InChI is InChI=1S/C8H9FO.CH6NO/c1-2-10-8-6-4-3-5-7(8)9;1-3-2/h3-6H,2H2,1H3;1-2H3/q;+1. The van der Waals surface area contributed by atoms with Crippen molar-refractivity contribution in [2.75, 3.05) is 13.7 Å². The third-order valence-corrected chi connectivity index (χ3v) is 1.14. The van der Waals surface area contributed by atoms with Gasteiger partial charge in [0.1, 0.15) is 0 Å². The van der Waals surface area contributed by atoms with Gasteiger partial charge in [-0.3, -0.25) is 0 Å². The summed E-state index contributed by atoms with van der Waals surface area (Å²) < 4.78 is 17.6. The molecule has 1 aromatic carbocycles. The van der Waals surface area contributed by atoms with Crippen LogP contribution >= 0.6 is 0 Å². The zero-order chi connectivity index (χ0) is 10.1. The molecule has 0 aliphatic carbocycles. The lowest BCUT2D eigenvalue weighted by Crippen LogP contribution is -2.46. The van der Waals surface area contributed by atoms with E-state index in [0.717, 1.165) is 0 Å². The number of para-hydroxylation sites is 1. The highest BCUT2D eigenvalue weighted by Gasteiger charge is 1.97. The van der Waals surface area contributed by atoms with Crippen molar-refractivity contribution in [1.29, 1.82) is 0 Å². The average Bonchev–Trinajstić information content (AvgIpc) is 2.11. The minimum absolute atomic E-state index is 0.302. The SMILES string of the molecule is CCOc1ccccc1F.CO[NH3+]. The van der Waals surface area contributed by atoms with Gasteiger partial charge in [0.2, 0.25) is 0 Å². The minimum atomic E-state index is -0.302. The van der Waals surface area contributed by atoms with Gasteiger partial charge >= 0.3 is 0 Å². The highest BCUT2D eigenvalue weighted by molar-refractivity contribution is 5.23. The van der Waals surface area contributed by atoms with E-state index in [-0.39, 0.29) is 5.82 Å². The van der Waals surface area contributed by atoms with Crippen molar-refractivity contribution in [2.45, 2.75) is 6.92 Å². The van der Waals surface area contributed by atoms with Gasteiger partial charge in [0.05, 0.1) is 13.7 Å². The van der Waals surface area contributed by atoms with Crippen LogP contribution in [0.1, 0.15) is 6.92 Å². The normalized spacial score (nSPS) is 8.62. The Labute approximate surface area is 77.2 Å². The van der Waals surface area contributed by atoms with Crippen molar-refractivity contribution >= 4 is 0 Å². The van der Waals surface area contributed by atoms with Gasteiger partial charge in [-0.1, -0.05) is 12.1 Å². The maximum Gasteiger partial charge on any atom is 0.165 e. The van der Waals surface area contributed by atoms with Crippen molar-refractivity contribution in [2.24, 2.45) is 0 Å². The molecule has 0 amide bonds. The molecule has 0 unspecified atom stereocenters. The largest absolute Gasteiger partial charge is 0.491 e. The van der Waals surface area contributed by atoms with Gasteiger partial charge in [0, 0.05) is 0 Å². The molecular weight excluding hydrogens is 173 g/mol. The molecule has 1 rings (SSSR count). The summed E-state index contributed by atoms with van der Waals surface area (Å²) in [7, 11) is 1.51.